The average molecular weight is 149 g/mol. The third kappa shape index (κ3) is 0.759. The molecule has 0 aromatic rings. The quantitative estimate of drug-likeness (QED) is 0.519. The van der Waals surface area contributed by atoms with Gasteiger partial charge in [-0.2, -0.15) is 5.26 Å². The fraction of sp³-hybridized carbons (Fsp3) is 0.900. The van der Waals surface area contributed by atoms with Gasteiger partial charge in [-0.3, -0.25) is 0 Å². The van der Waals surface area contributed by atoms with Gasteiger partial charge in [-0.05, 0) is 36.5 Å². The maximum absolute atomic E-state index is 8.87. The highest BCUT2D eigenvalue weighted by atomic mass is 14.6. The number of hydrogen-bond donors (Lipinski definition) is 0. The van der Waals surface area contributed by atoms with Crippen LogP contribution in [0.2, 0.25) is 0 Å². The number of nitrogens with zero attached hydrogens (tertiary/aromatic N) is 1. The van der Waals surface area contributed by atoms with Gasteiger partial charge in [-0.25, -0.2) is 0 Å². The first-order valence-electron chi connectivity index (χ1n) is 4.56. The molecule has 0 spiro atoms. The molecule has 11 heavy (non-hydrogen) atoms. The van der Waals surface area contributed by atoms with Crippen molar-refractivity contribution >= 4 is 0 Å². The number of nitriles is 1. The molecule has 2 aliphatic carbocycles. The zero-order chi connectivity index (χ0) is 8.06. The Labute approximate surface area is 68.4 Å². The second-order valence-corrected chi connectivity index (χ2v) is 4.67. The maximum atomic E-state index is 8.87. The van der Waals surface area contributed by atoms with Crippen molar-refractivity contribution < 1.29 is 0 Å². The van der Waals surface area contributed by atoms with Crippen LogP contribution < -0.4 is 0 Å². The Hall–Kier alpha value is -0.510. The van der Waals surface area contributed by atoms with Crippen LogP contribution in [0.3, 0.4) is 0 Å². The molecule has 0 radical (unpaired) electrons. The molecule has 60 valence electrons. The van der Waals surface area contributed by atoms with Gasteiger partial charge in [0, 0.05) is 5.92 Å². The summed E-state index contributed by atoms with van der Waals surface area (Å²) in [6.07, 6.45) is 3.85. The van der Waals surface area contributed by atoms with Gasteiger partial charge in [0.1, 0.15) is 0 Å². The number of fused-ring (bicyclic) bond motifs is 2. The number of hydrogen-bond acceptors (Lipinski definition) is 1. The summed E-state index contributed by atoms with van der Waals surface area (Å²) in [5, 5.41) is 8.87. The molecule has 0 N–H and O–H groups in total. The minimum absolute atomic E-state index is 0.378. The van der Waals surface area contributed by atoms with Crippen LogP contribution in [-0.2, 0) is 0 Å². The van der Waals surface area contributed by atoms with E-state index in [1.807, 2.05) is 0 Å². The molecule has 0 saturated heterocycles. The Kier molecular flexibility index (Phi) is 1.30. The van der Waals surface area contributed by atoms with Gasteiger partial charge >= 0.3 is 0 Å². The van der Waals surface area contributed by atoms with E-state index in [-0.39, 0.29) is 0 Å². The Morgan fingerprint density at radius 3 is 2.36 bits per heavy atom. The largest absolute Gasteiger partial charge is 0.198 e. The van der Waals surface area contributed by atoms with Crippen molar-refractivity contribution in [3.8, 4) is 6.07 Å². The summed E-state index contributed by atoms with van der Waals surface area (Å²) in [6.45, 7) is 4.68. The second kappa shape index (κ2) is 2.00. The van der Waals surface area contributed by atoms with Crippen LogP contribution in [0.1, 0.15) is 33.1 Å². The zero-order valence-electron chi connectivity index (χ0n) is 7.30. The molecule has 2 saturated carbocycles. The molecule has 0 amide bonds. The van der Waals surface area contributed by atoms with Crippen molar-refractivity contribution in [1.29, 1.82) is 5.26 Å². The van der Waals surface area contributed by atoms with Crippen LogP contribution in [0.5, 0.6) is 0 Å². The van der Waals surface area contributed by atoms with E-state index in [0.717, 1.165) is 5.92 Å². The SMILES string of the molecule is CC1(C)[C@@H]2CC[C@H]1C(C#N)C2. The molecule has 2 fully saturated rings. The molecule has 1 heteroatoms. The Morgan fingerprint density at radius 1 is 1.36 bits per heavy atom. The highest BCUT2D eigenvalue weighted by Crippen LogP contribution is 2.59. The highest BCUT2D eigenvalue weighted by molar-refractivity contribution is 5.08. The van der Waals surface area contributed by atoms with Gasteiger partial charge in [-0.1, -0.05) is 13.8 Å². The van der Waals surface area contributed by atoms with Gasteiger partial charge in [0.25, 0.3) is 0 Å². The highest BCUT2D eigenvalue weighted by Gasteiger charge is 2.53. The molecule has 1 nitrogen and oxygen atoms in total. The summed E-state index contributed by atoms with van der Waals surface area (Å²) >= 11 is 0. The molecule has 1 unspecified atom stereocenters. The van der Waals surface area contributed by atoms with Gasteiger partial charge in [0.05, 0.1) is 6.07 Å². The Balaban J connectivity index is 2.27. The van der Waals surface area contributed by atoms with Gasteiger partial charge < -0.3 is 0 Å². The van der Waals surface area contributed by atoms with E-state index in [1.54, 1.807) is 0 Å². The van der Waals surface area contributed by atoms with Crippen molar-refractivity contribution in [1.82, 2.24) is 0 Å². The van der Waals surface area contributed by atoms with E-state index in [4.69, 9.17) is 5.26 Å². The van der Waals surface area contributed by atoms with Crippen molar-refractivity contribution in [2.75, 3.05) is 0 Å². The average Bonchev–Trinajstić information content (AvgIpc) is 2.40. The molecule has 0 aliphatic heterocycles. The molecule has 0 aromatic heterocycles. The van der Waals surface area contributed by atoms with Crippen LogP contribution >= 0.6 is 0 Å². The van der Waals surface area contributed by atoms with Gasteiger partial charge in [0.15, 0.2) is 0 Å². The molecule has 3 atom stereocenters. The summed E-state index contributed by atoms with van der Waals surface area (Å²) in [5.74, 6) is 1.93. The first-order valence-corrected chi connectivity index (χ1v) is 4.56. The predicted molar refractivity (Wildman–Crippen MR) is 43.7 cm³/mol. The monoisotopic (exact) mass is 149 g/mol. The zero-order valence-corrected chi connectivity index (χ0v) is 7.30. The summed E-state index contributed by atoms with van der Waals surface area (Å²) < 4.78 is 0. The third-order valence-corrected chi connectivity index (χ3v) is 4.02. The first kappa shape index (κ1) is 7.16. The molecule has 2 bridgehead atoms. The summed E-state index contributed by atoms with van der Waals surface area (Å²) in [7, 11) is 0. The first-order chi connectivity index (χ1) is 5.16. The molecular formula is C10H15N. The van der Waals surface area contributed by atoms with Crippen LogP contribution in [0.25, 0.3) is 0 Å². The molecule has 0 aromatic carbocycles. The fourth-order valence-corrected chi connectivity index (χ4v) is 3.18. The molecule has 0 heterocycles. The van der Waals surface area contributed by atoms with Crippen molar-refractivity contribution in [2.45, 2.75) is 33.1 Å². The smallest absolute Gasteiger partial charge is 0.0659 e. The van der Waals surface area contributed by atoms with E-state index in [0.29, 0.717) is 17.3 Å². The fourth-order valence-electron chi connectivity index (χ4n) is 3.18. The van der Waals surface area contributed by atoms with E-state index < -0.39 is 0 Å². The predicted octanol–water partition coefficient (Wildman–Crippen LogP) is 2.58. The lowest BCUT2D eigenvalue weighted by molar-refractivity contribution is 0.250. The Bertz CT molecular complexity index is 211. The van der Waals surface area contributed by atoms with E-state index in [2.05, 4.69) is 19.9 Å². The summed E-state index contributed by atoms with van der Waals surface area (Å²) in [6, 6.07) is 2.45. The molecular weight excluding hydrogens is 134 g/mol. The van der Waals surface area contributed by atoms with Crippen molar-refractivity contribution in [3.63, 3.8) is 0 Å². The van der Waals surface area contributed by atoms with E-state index in [9.17, 15) is 0 Å². The van der Waals surface area contributed by atoms with Gasteiger partial charge in [0.2, 0.25) is 0 Å². The van der Waals surface area contributed by atoms with Crippen LogP contribution in [0.4, 0.5) is 0 Å². The normalized spacial score (nSPS) is 45.7. The topological polar surface area (TPSA) is 23.8 Å². The summed E-state index contributed by atoms with van der Waals surface area (Å²) in [4.78, 5) is 0. The maximum Gasteiger partial charge on any atom is 0.0659 e. The van der Waals surface area contributed by atoms with E-state index in [1.165, 1.54) is 19.3 Å². The van der Waals surface area contributed by atoms with E-state index >= 15 is 0 Å². The standard InChI is InChI=1S/C10H15N/c1-10(2)8-3-4-9(10)7(5-8)6-11/h7-9H,3-5H2,1-2H3/t7?,8-,9+/m1/s1. The lowest BCUT2D eigenvalue weighted by atomic mass is 9.80. The third-order valence-electron chi connectivity index (χ3n) is 4.02. The van der Waals surface area contributed by atoms with Crippen molar-refractivity contribution in [3.05, 3.63) is 0 Å². The lowest BCUT2D eigenvalue weighted by Gasteiger charge is -2.24. The van der Waals surface area contributed by atoms with Crippen molar-refractivity contribution in [2.24, 2.45) is 23.2 Å². The van der Waals surface area contributed by atoms with Gasteiger partial charge in [-0.15, -0.1) is 0 Å². The number of rotatable bonds is 0. The molecule has 2 aliphatic rings. The molecule has 2 rings (SSSR count). The lowest BCUT2D eigenvalue weighted by Crippen LogP contribution is -2.18. The summed E-state index contributed by atoms with van der Waals surface area (Å²) in [5.41, 5.74) is 0.473. The van der Waals surface area contributed by atoms with Crippen LogP contribution in [-0.4, -0.2) is 0 Å². The Morgan fingerprint density at radius 2 is 2.09 bits per heavy atom. The minimum Gasteiger partial charge on any atom is -0.198 e. The van der Waals surface area contributed by atoms with Crippen LogP contribution in [0, 0.1) is 34.5 Å². The second-order valence-electron chi connectivity index (χ2n) is 4.67. The minimum atomic E-state index is 0.378. The van der Waals surface area contributed by atoms with Crippen LogP contribution in [0.15, 0.2) is 0 Å².